The maximum Gasteiger partial charge on any atom is 0.0534 e. The number of aromatic nitrogens is 2. The molecule has 3 nitrogen and oxygen atoms in total. The van der Waals surface area contributed by atoms with E-state index in [0.717, 1.165) is 25.4 Å². The highest BCUT2D eigenvalue weighted by molar-refractivity contribution is 7.99. The first-order valence-electron chi connectivity index (χ1n) is 6.22. The molecule has 0 unspecified atom stereocenters. The largest absolute Gasteiger partial charge is 0.314 e. The topological polar surface area (TPSA) is 29.9 Å². The van der Waals surface area contributed by atoms with Crippen LogP contribution in [0.3, 0.4) is 0 Å². The number of thioether (sulfide) groups is 1. The zero-order chi connectivity index (χ0) is 12.6. The van der Waals surface area contributed by atoms with E-state index in [2.05, 4.69) is 47.8 Å². The summed E-state index contributed by atoms with van der Waals surface area (Å²) in [6.45, 7) is 4.99. The third kappa shape index (κ3) is 4.55. The fourth-order valence-electron chi connectivity index (χ4n) is 1.67. The van der Waals surface area contributed by atoms with E-state index in [9.17, 15) is 0 Å². The van der Waals surface area contributed by atoms with Crippen molar-refractivity contribution in [1.29, 1.82) is 0 Å². The van der Waals surface area contributed by atoms with E-state index in [0.29, 0.717) is 0 Å². The standard InChI is InChI=1S/C14H19N3S/c1-13-11-16-17(12-13)9-7-15-8-10-18-14-5-3-2-4-6-14/h2-6,11-12,15H,7-10H2,1H3. The van der Waals surface area contributed by atoms with Gasteiger partial charge in [-0.15, -0.1) is 11.8 Å². The Morgan fingerprint density at radius 2 is 2.06 bits per heavy atom. The molecule has 0 bridgehead atoms. The highest BCUT2D eigenvalue weighted by Crippen LogP contribution is 2.15. The SMILES string of the molecule is Cc1cnn(CCNCCSc2ccccc2)c1. The molecule has 0 atom stereocenters. The third-order valence-electron chi connectivity index (χ3n) is 2.57. The Labute approximate surface area is 113 Å². The first-order chi connectivity index (χ1) is 8.84. The smallest absolute Gasteiger partial charge is 0.0534 e. The minimum absolute atomic E-state index is 0.934. The molecule has 0 radical (unpaired) electrons. The second-order valence-corrected chi connectivity index (χ2v) is 5.36. The summed E-state index contributed by atoms with van der Waals surface area (Å²) in [7, 11) is 0. The van der Waals surface area contributed by atoms with Gasteiger partial charge < -0.3 is 5.32 Å². The van der Waals surface area contributed by atoms with Gasteiger partial charge in [0.2, 0.25) is 0 Å². The van der Waals surface area contributed by atoms with Crippen LogP contribution in [0.5, 0.6) is 0 Å². The molecule has 0 amide bonds. The zero-order valence-electron chi connectivity index (χ0n) is 10.7. The van der Waals surface area contributed by atoms with Crippen molar-refractivity contribution in [1.82, 2.24) is 15.1 Å². The molecule has 1 aromatic carbocycles. The number of rotatable bonds is 7. The van der Waals surface area contributed by atoms with Crippen LogP contribution in [0.1, 0.15) is 5.56 Å². The Hall–Kier alpha value is -1.26. The van der Waals surface area contributed by atoms with Crippen molar-refractivity contribution < 1.29 is 0 Å². The van der Waals surface area contributed by atoms with Gasteiger partial charge in [0, 0.05) is 29.9 Å². The second kappa shape index (κ2) is 7.24. The van der Waals surface area contributed by atoms with Crippen molar-refractivity contribution in [2.75, 3.05) is 18.8 Å². The van der Waals surface area contributed by atoms with E-state index in [-0.39, 0.29) is 0 Å². The number of benzene rings is 1. The molecule has 4 heteroatoms. The quantitative estimate of drug-likeness (QED) is 0.613. The number of nitrogens with zero attached hydrogens (tertiary/aromatic N) is 2. The molecule has 1 heterocycles. The van der Waals surface area contributed by atoms with Crippen molar-refractivity contribution in [3.05, 3.63) is 48.3 Å². The lowest BCUT2D eigenvalue weighted by atomic mass is 10.4. The number of aryl methyl sites for hydroxylation is 1. The minimum Gasteiger partial charge on any atom is -0.314 e. The molecular weight excluding hydrogens is 242 g/mol. The van der Waals surface area contributed by atoms with Crippen LogP contribution in [0.25, 0.3) is 0 Å². The lowest BCUT2D eigenvalue weighted by Crippen LogP contribution is -2.22. The fourth-order valence-corrected chi connectivity index (χ4v) is 2.50. The Kier molecular flexibility index (Phi) is 5.30. The van der Waals surface area contributed by atoms with Crippen LogP contribution in [0.4, 0.5) is 0 Å². The molecule has 18 heavy (non-hydrogen) atoms. The van der Waals surface area contributed by atoms with E-state index in [1.54, 1.807) is 0 Å². The van der Waals surface area contributed by atoms with Crippen molar-refractivity contribution >= 4 is 11.8 Å². The lowest BCUT2D eigenvalue weighted by molar-refractivity contribution is 0.566. The lowest BCUT2D eigenvalue weighted by Gasteiger charge is -2.05. The molecule has 1 aromatic heterocycles. The van der Waals surface area contributed by atoms with Crippen LogP contribution in [0, 0.1) is 6.92 Å². The van der Waals surface area contributed by atoms with Gasteiger partial charge in [0.25, 0.3) is 0 Å². The van der Waals surface area contributed by atoms with E-state index in [4.69, 9.17) is 0 Å². The molecule has 0 saturated heterocycles. The van der Waals surface area contributed by atoms with Gasteiger partial charge in [0.05, 0.1) is 12.7 Å². The van der Waals surface area contributed by atoms with E-state index in [1.165, 1.54) is 10.5 Å². The molecule has 0 aliphatic heterocycles. The van der Waals surface area contributed by atoms with Gasteiger partial charge in [0.15, 0.2) is 0 Å². The normalized spacial score (nSPS) is 10.7. The van der Waals surface area contributed by atoms with Crippen LogP contribution in [-0.2, 0) is 6.54 Å². The number of hydrogen-bond donors (Lipinski definition) is 1. The highest BCUT2D eigenvalue weighted by atomic mass is 32.2. The van der Waals surface area contributed by atoms with Gasteiger partial charge in [-0.1, -0.05) is 18.2 Å². The van der Waals surface area contributed by atoms with Crippen molar-refractivity contribution in [3.63, 3.8) is 0 Å². The molecule has 0 aliphatic carbocycles. The monoisotopic (exact) mass is 261 g/mol. The van der Waals surface area contributed by atoms with Gasteiger partial charge >= 0.3 is 0 Å². The average molecular weight is 261 g/mol. The molecular formula is C14H19N3S. The fraction of sp³-hybridized carbons (Fsp3) is 0.357. The summed E-state index contributed by atoms with van der Waals surface area (Å²) in [5.74, 6) is 1.10. The van der Waals surface area contributed by atoms with Crippen LogP contribution in [0.2, 0.25) is 0 Å². The van der Waals surface area contributed by atoms with E-state index >= 15 is 0 Å². The molecule has 2 aromatic rings. The molecule has 0 fully saturated rings. The zero-order valence-corrected chi connectivity index (χ0v) is 11.5. The summed E-state index contributed by atoms with van der Waals surface area (Å²) in [5, 5.41) is 7.68. The second-order valence-electron chi connectivity index (χ2n) is 4.19. The Morgan fingerprint density at radius 3 is 2.78 bits per heavy atom. The van der Waals surface area contributed by atoms with Gasteiger partial charge in [0.1, 0.15) is 0 Å². The van der Waals surface area contributed by atoms with Crippen molar-refractivity contribution in [3.8, 4) is 0 Å². The molecule has 0 aliphatic rings. The number of nitrogens with one attached hydrogen (secondary N) is 1. The Bertz CT molecular complexity index is 453. The summed E-state index contributed by atoms with van der Waals surface area (Å²) in [6.07, 6.45) is 3.96. The van der Waals surface area contributed by atoms with Gasteiger partial charge in [-0.2, -0.15) is 5.10 Å². The predicted molar refractivity (Wildman–Crippen MR) is 77.0 cm³/mol. The van der Waals surface area contributed by atoms with Crippen molar-refractivity contribution in [2.45, 2.75) is 18.4 Å². The Morgan fingerprint density at radius 1 is 1.22 bits per heavy atom. The van der Waals surface area contributed by atoms with E-state index < -0.39 is 0 Å². The molecule has 1 N–H and O–H groups in total. The summed E-state index contributed by atoms with van der Waals surface area (Å²) >= 11 is 1.89. The third-order valence-corrected chi connectivity index (χ3v) is 3.58. The summed E-state index contributed by atoms with van der Waals surface area (Å²) in [6, 6.07) is 10.5. The summed E-state index contributed by atoms with van der Waals surface area (Å²) in [5.41, 5.74) is 1.22. The summed E-state index contributed by atoms with van der Waals surface area (Å²) < 4.78 is 1.98. The maximum absolute atomic E-state index is 4.25. The predicted octanol–water partition coefficient (Wildman–Crippen LogP) is 2.57. The van der Waals surface area contributed by atoms with Crippen LogP contribution in [-0.4, -0.2) is 28.6 Å². The molecule has 0 saturated carbocycles. The van der Waals surface area contributed by atoms with Crippen LogP contribution >= 0.6 is 11.8 Å². The number of hydrogen-bond acceptors (Lipinski definition) is 3. The maximum atomic E-state index is 4.25. The first-order valence-corrected chi connectivity index (χ1v) is 7.21. The highest BCUT2D eigenvalue weighted by Gasteiger charge is 1.94. The van der Waals surface area contributed by atoms with Gasteiger partial charge in [-0.05, 0) is 24.6 Å². The molecule has 0 spiro atoms. The molecule has 2 rings (SSSR count). The van der Waals surface area contributed by atoms with Crippen LogP contribution < -0.4 is 5.32 Å². The minimum atomic E-state index is 0.934. The Balaban J connectivity index is 1.54. The van der Waals surface area contributed by atoms with Crippen molar-refractivity contribution in [2.24, 2.45) is 0 Å². The van der Waals surface area contributed by atoms with Gasteiger partial charge in [-0.3, -0.25) is 4.68 Å². The average Bonchev–Trinajstić information content (AvgIpc) is 2.81. The summed E-state index contributed by atoms with van der Waals surface area (Å²) in [4.78, 5) is 1.34. The van der Waals surface area contributed by atoms with Gasteiger partial charge in [-0.25, -0.2) is 0 Å². The first kappa shape index (κ1) is 13.2. The van der Waals surface area contributed by atoms with Crippen LogP contribution in [0.15, 0.2) is 47.6 Å². The van der Waals surface area contributed by atoms with E-state index in [1.807, 2.05) is 28.7 Å². The molecule has 96 valence electrons.